The third kappa shape index (κ3) is 5.60. The van der Waals surface area contributed by atoms with Gasteiger partial charge in [0.15, 0.2) is 0 Å². The van der Waals surface area contributed by atoms with Crippen LogP contribution in [0.3, 0.4) is 0 Å². The van der Waals surface area contributed by atoms with Gasteiger partial charge in [-0.15, -0.1) is 15.0 Å². The molecule has 0 aliphatic carbocycles. The predicted molar refractivity (Wildman–Crippen MR) is 123 cm³/mol. The summed E-state index contributed by atoms with van der Waals surface area (Å²) in [7, 11) is 0. The van der Waals surface area contributed by atoms with Crippen LogP contribution in [0.4, 0.5) is 0 Å². The highest BCUT2D eigenvalue weighted by atomic mass is 16.5. The van der Waals surface area contributed by atoms with Crippen molar-refractivity contribution in [1.29, 1.82) is 0 Å². The highest BCUT2D eigenvalue weighted by Crippen LogP contribution is 2.28. The molecule has 0 aliphatic heterocycles. The van der Waals surface area contributed by atoms with Crippen LogP contribution in [0.15, 0.2) is 72.8 Å². The lowest BCUT2D eigenvalue weighted by Crippen LogP contribution is -2.01. The Balaban J connectivity index is 1.62. The summed E-state index contributed by atoms with van der Waals surface area (Å²) in [5.41, 5.74) is 3.48. The van der Waals surface area contributed by atoms with Crippen molar-refractivity contribution in [3.8, 4) is 35.3 Å². The summed E-state index contributed by atoms with van der Waals surface area (Å²) in [5.74, 6) is 2.26. The van der Waals surface area contributed by atoms with Crippen LogP contribution < -0.4 is 14.2 Å². The molecule has 0 bridgehead atoms. The average Bonchev–Trinajstić information content (AvgIpc) is 2.77. The van der Waals surface area contributed by atoms with Gasteiger partial charge in [0.2, 0.25) is 0 Å². The van der Waals surface area contributed by atoms with E-state index in [1.54, 1.807) is 0 Å². The molecule has 4 rings (SSSR count). The van der Waals surface area contributed by atoms with Gasteiger partial charge in [-0.3, -0.25) is 0 Å². The molecule has 0 fully saturated rings. The molecule has 0 saturated carbocycles. The third-order valence-electron chi connectivity index (χ3n) is 4.79. The van der Waals surface area contributed by atoms with Crippen molar-refractivity contribution >= 4 is 0 Å². The van der Waals surface area contributed by atoms with Gasteiger partial charge >= 0.3 is 18.0 Å². The van der Waals surface area contributed by atoms with Gasteiger partial charge in [-0.2, -0.15) is 0 Å². The highest BCUT2D eigenvalue weighted by Gasteiger charge is 2.13. The van der Waals surface area contributed by atoms with E-state index in [1.807, 2.05) is 86.6 Å². The van der Waals surface area contributed by atoms with E-state index in [0.717, 1.165) is 11.1 Å². The summed E-state index contributed by atoms with van der Waals surface area (Å²) in [6.07, 6.45) is 0. The van der Waals surface area contributed by atoms with Crippen molar-refractivity contribution < 1.29 is 14.2 Å². The molecule has 3 aromatic carbocycles. The Bertz CT molecular complexity index is 1110. The fourth-order valence-corrected chi connectivity index (χ4v) is 2.91. The van der Waals surface area contributed by atoms with E-state index in [4.69, 9.17) is 14.2 Å². The van der Waals surface area contributed by atoms with Gasteiger partial charge < -0.3 is 14.2 Å². The maximum atomic E-state index is 5.89. The number of aromatic nitrogens is 3. The minimum atomic E-state index is 0.0831. The summed E-state index contributed by atoms with van der Waals surface area (Å²) >= 11 is 0. The minimum absolute atomic E-state index is 0.0831. The molecule has 0 amide bonds. The molecular weight excluding hydrogens is 402 g/mol. The first-order chi connectivity index (χ1) is 15.4. The first-order valence-electron chi connectivity index (χ1n) is 10.5. The van der Waals surface area contributed by atoms with Gasteiger partial charge in [0, 0.05) is 0 Å². The van der Waals surface area contributed by atoms with E-state index in [1.165, 1.54) is 5.56 Å². The fraction of sp³-hybridized carbons (Fsp3) is 0.192. The zero-order valence-electron chi connectivity index (χ0n) is 18.6. The van der Waals surface area contributed by atoms with Crippen LogP contribution in [-0.2, 0) is 0 Å². The zero-order valence-corrected chi connectivity index (χ0v) is 18.6. The number of aryl methyl sites for hydroxylation is 2. The standard InChI is InChI=1S/C26H25N3O3/c1-17(2)20-9-15-23(16-10-20)32-26-28-24(30-21-11-5-18(3)6-12-21)27-25(29-26)31-22-13-7-19(4)8-14-22/h5-17H,1-4H3. The zero-order chi connectivity index (χ0) is 22.5. The maximum absolute atomic E-state index is 5.89. The molecule has 1 heterocycles. The van der Waals surface area contributed by atoms with Gasteiger partial charge in [0.25, 0.3) is 0 Å². The van der Waals surface area contributed by atoms with Crippen molar-refractivity contribution in [1.82, 2.24) is 15.0 Å². The summed E-state index contributed by atoms with van der Waals surface area (Å²) in [5, 5.41) is 0. The quantitative estimate of drug-likeness (QED) is 0.317. The second-order valence-electron chi connectivity index (χ2n) is 7.84. The van der Waals surface area contributed by atoms with Crippen molar-refractivity contribution in [3.05, 3.63) is 89.5 Å². The van der Waals surface area contributed by atoms with Crippen LogP contribution in [0.5, 0.6) is 35.3 Å². The van der Waals surface area contributed by atoms with Crippen LogP contribution in [0.1, 0.15) is 36.5 Å². The normalized spacial score (nSPS) is 10.8. The maximum Gasteiger partial charge on any atom is 0.331 e. The van der Waals surface area contributed by atoms with Gasteiger partial charge in [0.1, 0.15) is 17.2 Å². The van der Waals surface area contributed by atoms with Crippen molar-refractivity contribution in [2.24, 2.45) is 0 Å². The van der Waals surface area contributed by atoms with Crippen LogP contribution in [0.2, 0.25) is 0 Å². The van der Waals surface area contributed by atoms with Gasteiger partial charge in [0.05, 0.1) is 0 Å². The Hall–Kier alpha value is -3.93. The first kappa shape index (κ1) is 21.3. The van der Waals surface area contributed by atoms with E-state index in [2.05, 4.69) is 28.8 Å². The van der Waals surface area contributed by atoms with E-state index in [9.17, 15) is 0 Å². The molecular formula is C26H25N3O3. The molecule has 0 spiro atoms. The number of hydrogen-bond acceptors (Lipinski definition) is 6. The Morgan fingerprint density at radius 3 is 1.12 bits per heavy atom. The van der Waals surface area contributed by atoms with Crippen molar-refractivity contribution in [2.45, 2.75) is 33.6 Å². The molecule has 162 valence electrons. The predicted octanol–water partition coefficient (Wildman–Crippen LogP) is 6.99. The van der Waals surface area contributed by atoms with E-state index < -0.39 is 0 Å². The van der Waals surface area contributed by atoms with Crippen molar-refractivity contribution in [3.63, 3.8) is 0 Å². The molecule has 0 N–H and O–H groups in total. The number of benzene rings is 3. The molecule has 4 aromatic rings. The van der Waals surface area contributed by atoms with Crippen molar-refractivity contribution in [2.75, 3.05) is 0 Å². The van der Waals surface area contributed by atoms with Crippen LogP contribution in [-0.4, -0.2) is 15.0 Å². The smallest absolute Gasteiger partial charge is 0.331 e. The second-order valence-corrected chi connectivity index (χ2v) is 7.84. The van der Waals surface area contributed by atoms with Crippen LogP contribution >= 0.6 is 0 Å². The summed E-state index contributed by atoms with van der Waals surface area (Å²) < 4.78 is 17.6. The Morgan fingerprint density at radius 1 is 0.500 bits per heavy atom. The summed E-state index contributed by atoms with van der Waals surface area (Å²) in [6, 6.07) is 23.3. The largest absolute Gasteiger partial charge is 0.424 e. The van der Waals surface area contributed by atoms with Gasteiger partial charge in [-0.05, 0) is 61.7 Å². The highest BCUT2D eigenvalue weighted by molar-refractivity contribution is 5.33. The lowest BCUT2D eigenvalue weighted by molar-refractivity contribution is 0.362. The topological polar surface area (TPSA) is 66.4 Å². The summed E-state index contributed by atoms with van der Waals surface area (Å²) in [6.45, 7) is 8.31. The Labute approximate surface area is 187 Å². The molecule has 0 saturated heterocycles. The number of rotatable bonds is 7. The SMILES string of the molecule is Cc1ccc(Oc2nc(Oc3ccc(C)cc3)nc(Oc3ccc(C(C)C)cc3)n2)cc1. The Kier molecular flexibility index (Phi) is 6.31. The molecule has 1 aromatic heterocycles. The van der Waals surface area contributed by atoms with Crippen LogP contribution in [0, 0.1) is 13.8 Å². The number of nitrogens with zero attached hydrogens (tertiary/aromatic N) is 3. The van der Waals surface area contributed by atoms with Crippen LogP contribution in [0.25, 0.3) is 0 Å². The lowest BCUT2D eigenvalue weighted by Gasteiger charge is -2.10. The monoisotopic (exact) mass is 427 g/mol. The average molecular weight is 428 g/mol. The van der Waals surface area contributed by atoms with E-state index in [-0.39, 0.29) is 18.0 Å². The third-order valence-corrected chi connectivity index (χ3v) is 4.79. The number of ether oxygens (including phenoxy) is 3. The molecule has 6 nitrogen and oxygen atoms in total. The molecule has 32 heavy (non-hydrogen) atoms. The minimum Gasteiger partial charge on any atom is -0.424 e. The lowest BCUT2D eigenvalue weighted by atomic mass is 10.0. The van der Waals surface area contributed by atoms with E-state index >= 15 is 0 Å². The number of hydrogen-bond donors (Lipinski definition) is 0. The molecule has 0 unspecified atom stereocenters. The van der Waals surface area contributed by atoms with E-state index in [0.29, 0.717) is 23.2 Å². The molecule has 0 atom stereocenters. The molecule has 0 radical (unpaired) electrons. The second kappa shape index (κ2) is 9.47. The van der Waals surface area contributed by atoms with Gasteiger partial charge in [-0.1, -0.05) is 61.4 Å². The fourth-order valence-electron chi connectivity index (χ4n) is 2.91. The summed E-state index contributed by atoms with van der Waals surface area (Å²) in [4.78, 5) is 12.9. The molecule has 0 aliphatic rings. The Morgan fingerprint density at radius 2 is 0.812 bits per heavy atom. The van der Waals surface area contributed by atoms with Gasteiger partial charge in [-0.25, -0.2) is 0 Å². The molecule has 6 heteroatoms. The first-order valence-corrected chi connectivity index (χ1v) is 10.5.